The van der Waals surface area contributed by atoms with Gasteiger partial charge < -0.3 is 9.47 Å². The lowest BCUT2D eigenvalue weighted by Gasteiger charge is -2.10. The third-order valence-electron chi connectivity index (χ3n) is 1.99. The second kappa shape index (κ2) is 6.03. The Kier molecular flexibility index (Phi) is 4.98. The minimum Gasteiger partial charge on any atom is -0.479 e. The molecule has 0 fully saturated rings. The predicted octanol–water partition coefficient (Wildman–Crippen LogP) is 1.46. The van der Waals surface area contributed by atoms with Crippen LogP contribution in [0.4, 0.5) is 0 Å². The first kappa shape index (κ1) is 13.2. The third-order valence-corrected chi connectivity index (χ3v) is 3.32. The second-order valence-corrected chi connectivity index (χ2v) is 4.29. The largest absolute Gasteiger partial charge is 0.479 e. The Morgan fingerprint density at radius 2 is 2.31 bits per heavy atom. The van der Waals surface area contributed by atoms with Gasteiger partial charge in [0, 0.05) is 6.54 Å². The van der Waals surface area contributed by atoms with E-state index >= 15 is 0 Å². The number of nitrogens with zero attached hydrogens (tertiary/aromatic N) is 1. The van der Waals surface area contributed by atoms with Crippen molar-refractivity contribution in [1.29, 1.82) is 0 Å². The van der Waals surface area contributed by atoms with Gasteiger partial charge in [-0.05, 0) is 18.5 Å². The zero-order chi connectivity index (χ0) is 12.1. The fraction of sp³-hybridized carbons (Fsp3) is 0.556. The number of halogens is 1. The summed E-state index contributed by atoms with van der Waals surface area (Å²) in [5.41, 5.74) is 0. The molecule has 1 unspecified atom stereocenters. The van der Waals surface area contributed by atoms with Gasteiger partial charge in [-0.3, -0.25) is 10.1 Å². The molecule has 0 bridgehead atoms. The van der Waals surface area contributed by atoms with E-state index in [1.54, 1.807) is 6.92 Å². The third kappa shape index (κ3) is 3.07. The van der Waals surface area contributed by atoms with Crippen molar-refractivity contribution in [3.05, 3.63) is 9.90 Å². The Morgan fingerprint density at radius 3 is 2.81 bits per heavy atom. The maximum Gasteiger partial charge on any atom is 0.322 e. The van der Waals surface area contributed by atoms with Gasteiger partial charge in [-0.15, -0.1) is 0 Å². The lowest BCUT2D eigenvalue weighted by atomic mass is 10.3. The van der Waals surface area contributed by atoms with Gasteiger partial charge in [0.1, 0.15) is 11.1 Å². The minimum atomic E-state index is -0.380. The number of aromatic nitrogens is 1. The first-order valence-corrected chi connectivity index (χ1v) is 5.74. The molecule has 1 heterocycles. The lowest BCUT2D eigenvalue weighted by molar-refractivity contribution is -0.142. The lowest BCUT2D eigenvalue weighted by Crippen LogP contribution is -2.34. The zero-order valence-corrected chi connectivity index (χ0v) is 10.8. The molecule has 1 atom stereocenters. The Labute approximate surface area is 103 Å². The van der Waals surface area contributed by atoms with Crippen molar-refractivity contribution in [3.8, 4) is 5.88 Å². The zero-order valence-electron chi connectivity index (χ0n) is 9.24. The van der Waals surface area contributed by atoms with E-state index in [2.05, 4.69) is 14.4 Å². The summed E-state index contributed by atoms with van der Waals surface area (Å²) in [7, 11) is 2.86. The summed E-state index contributed by atoms with van der Waals surface area (Å²) < 4.78 is 13.5. The summed E-state index contributed by atoms with van der Waals surface area (Å²) in [5, 5.41) is 3.47. The molecule has 0 aromatic carbocycles. The molecule has 90 valence electrons. The monoisotopic (exact) mass is 264 g/mol. The van der Waals surface area contributed by atoms with Gasteiger partial charge in [-0.25, -0.2) is 0 Å². The van der Waals surface area contributed by atoms with Crippen LogP contribution in [0.5, 0.6) is 5.88 Å². The van der Waals surface area contributed by atoms with Gasteiger partial charge in [0.15, 0.2) is 0 Å². The standard InChI is InChI=1S/C9H13ClN2O3S/c1-5(9(13)15-3)11-4-6-7(10)8(14-2)12-16-6/h5,11H,4H2,1-3H3. The van der Waals surface area contributed by atoms with Gasteiger partial charge in [-0.2, -0.15) is 4.37 Å². The molecule has 5 nitrogen and oxygen atoms in total. The summed E-state index contributed by atoms with van der Waals surface area (Å²) in [6, 6.07) is -0.380. The van der Waals surface area contributed by atoms with Crippen LogP contribution >= 0.6 is 23.1 Å². The first-order chi connectivity index (χ1) is 7.60. The Balaban J connectivity index is 2.54. The molecular weight excluding hydrogens is 252 g/mol. The number of carbonyl (C=O) groups is 1. The van der Waals surface area contributed by atoms with E-state index in [0.717, 1.165) is 4.88 Å². The van der Waals surface area contributed by atoms with Crippen molar-refractivity contribution >= 4 is 29.1 Å². The highest BCUT2D eigenvalue weighted by molar-refractivity contribution is 7.06. The molecule has 1 N–H and O–H groups in total. The average molecular weight is 265 g/mol. The van der Waals surface area contributed by atoms with Crippen LogP contribution in [-0.2, 0) is 16.1 Å². The normalized spacial score (nSPS) is 12.2. The number of ether oxygens (including phenoxy) is 2. The fourth-order valence-corrected chi connectivity index (χ4v) is 2.05. The minimum absolute atomic E-state index is 0.312. The number of nitrogens with one attached hydrogen (secondary N) is 1. The highest BCUT2D eigenvalue weighted by atomic mass is 35.5. The topological polar surface area (TPSA) is 60.5 Å². The number of methoxy groups -OCH3 is 2. The molecule has 0 saturated heterocycles. The number of hydrogen-bond acceptors (Lipinski definition) is 6. The number of carbonyl (C=O) groups excluding carboxylic acids is 1. The molecule has 7 heteroatoms. The summed E-state index contributed by atoms with van der Waals surface area (Å²) in [6.07, 6.45) is 0. The van der Waals surface area contributed by atoms with E-state index in [1.807, 2.05) is 0 Å². The van der Waals surface area contributed by atoms with Gasteiger partial charge in [0.05, 0.1) is 19.1 Å². The molecular formula is C9H13ClN2O3S. The van der Waals surface area contributed by atoms with Crippen molar-refractivity contribution in [3.63, 3.8) is 0 Å². The van der Waals surface area contributed by atoms with Crippen LogP contribution in [0, 0.1) is 0 Å². The van der Waals surface area contributed by atoms with E-state index in [-0.39, 0.29) is 12.0 Å². The Hall–Kier alpha value is -0.850. The smallest absolute Gasteiger partial charge is 0.322 e. The van der Waals surface area contributed by atoms with Gasteiger partial charge in [0.25, 0.3) is 0 Å². The first-order valence-electron chi connectivity index (χ1n) is 4.59. The molecule has 0 saturated carbocycles. The number of hydrogen-bond donors (Lipinski definition) is 1. The molecule has 1 aromatic heterocycles. The molecule has 0 amide bonds. The van der Waals surface area contributed by atoms with Crippen LogP contribution < -0.4 is 10.1 Å². The number of esters is 1. The maximum absolute atomic E-state index is 11.1. The molecule has 0 aliphatic rings. The number of rotatable bonds is 5. The Bertz CT molecular complexity index is 370. The van der Waals surface area contributed by atoms with Crippen LogP contribution in [0.3, 0.4) is 0 Å². The summed E-state index contributed by atoms with van der Waals surface area (Å²) in [5.74, 6) is 0.0989. The van der Waals surface area contributed by atoms with Crippen molar-refractivity contribution < 1.29 is 14.3 Å². The van der Waals surface area contributed by atoms with E-state index in [9.17, 15) is 4.79 Å². The van der Waals surface area contributed by atoms with Crippen molar-refractivity contribution in [1.82, 2.24) is 9.69 Å². The fourth-order valence-electron chi connectivity index (χ4n) is 1.04. The summed E-state index contributed by atoms with van der Waals surface area (Å²) in [6.45, 7) is 2.17. The second-order valence-electron chi connectivity index (χ2n) is 3.05. The predicted molar refractivity (Wildman–Crippen MR) is 62.0 cm³/mol. The van der Waals surface area contributed by atoms with Gasteiger partial charge >= 0.3 is 5.97 Å². The van der Waals surface area contributed by atoms with Gasteiger partial charge in [0.2, 0.25) is 5.88 Å². The highest BCUT2D eigenvalue weighted by Crippen LogP contribution is 2.30. The summed E-state index contributed by atoms with van der Waals surface area (Å²) >= 11 is 7.23. The SMILES string of the molecule is COC(=O)C(C)NCc1snc(OC)c1Cl. The van der Waals surface area contributed by atoms with E-state index in [4.69, 9.17) is 16.3 Å². The van der Waals surface area contributed by atoms with Crippen LogP contribution in [0.2, 0.25) is 5.02 Å². The van der Waals surface area contributed by atoms with Crippen LogP contribution in [0.25, 0.3) is 0 Å². The molecule has 0 spiro atoms. The van der Waals surface area contributed by atoms with E-state index in [1.165, 1.54) is 25.8 Å². The van der Waals surface area contributed by atoms with Crippen LogP contribution in [0.1, 0.15) is 11.8 Å². The van der Waals surface area contributed by atoms with E-state index < -0.39 is 0 Å². The molecule has 1 aromatic rings. The Morgan fingerprint density at radius 1 is 1.62 bits per heavy atom. The molecule has 16 heavy (non-hydrogen) atoms. The highest BCUT2D eigenvalue weighted by Gasteiger charge is 2.16. The maximum atomic E-state index is 11.1. The average Bonchev–Trinajstić information content (AvgIpc) is 2.65. The molecule has 0 aliphatic heterocycles. The van der Waals surface area contributed by atoms with Crippen molar-refractivity contribution in [2.75, 3.05) is 14.2 Å². The summed E-state index contributed by atoms with van der Waals surface area (Å²) in [4.78, 5) is 12.0. The quantitative estimate of drug-likeness (QED) is 0.816. The van der Waals surface area contributed by atoms with Crippen LogP contribution in [0.15, 0.2) is 0 Å². The molecule has 0 aliphatic carbocycles. The van der Waals surface area contributed by atoms with Crippen molar-refractivity contribution in [2.24, 2.45) is 0 Å². The molecule has 0 radical (unpaired) electrons. The van der Waals surface area contributed by atoms with Crippen molar-refractivity contribution in [2.45, 2.75) is 19.5 Å². The van der Waals surface area contributed by atoms with Gasteiger partial charge in [-0.1, -0.05) is 11.6 Å². The van der Waals surface area contributed by atoms with Crippen LogP contribution in [-0.4, -0.2) is 30.6 Å². The van der Waals surface area contributed by atoms with E-state index in [0.29, 0.717) is 17.4 Å². The molecule has 1 rings (SSSR count).